The van der Waals surface area contributed by atoms with Gasteiger partial charge in [-0.3, -0.25) is 0 Å². The highest BCUT2D eigenvalue weighted by Crippen LogP contribution is 2.24. The molecule has 0 amide bonds. The van der Waals surface area contributed by atoms with Crippen LogP contribution in [0.15, 0.2) is 18.3 Å². The first kappa shape index (κ1) is 12.4. The summed E-state index contributed by atoms with van der Waals surface area (Å²) in [6.45, 7) is 0.0913. The van der Waals surface area contributed by atoms with Crippen molar-refractivity contribution in [2.45, 2.75) is 51.2 Å². The average Bonchev–Trinajstić information content (AvgIpc) is 2.67. The molecular weight excluding hydrogens is 212 g/mol. The highest BCUT2D eigenvalue weighted by Gasteiger charge is 2.18. The number of anilines is 1. The fraction of sp³-hybridized carbons (Fsp3) is 0.643. The fourth-order valence-electron chi connectivity index (χ4n) is 2.58. The van der Waals surface area contributed by atoms with Crippen LogP contribution in [0.1, 0.15) is 44.1 Å². The third-order valence-corrected chi connectivity index (χ3v) is 3.73. The summed E-state index contributed by atoms with van der Waals surface area (Å²) in [7, 11) is 2.12. The second kappa shape index (κ2) is 6.01. The van der Waals surface area contributed by atoms with Crippen LogP contribution >= 0.6 is 0 Å². The molecule has 1 saturated carbocycles. The van der Waals surface area contributed by atoms with Crippen molar-refractivity contribution < 1.29 is 5.11 Å². The molecule has 1 fully saturated rings. The highest BCUT2D eigenvalue weighted by atomic mass is 16.3. The SMILES string of the molecule is CN(c1cc(CO)ccn1)C1CCCCCC1. The molecule has 94 valence electrons. The summed E-state index contributed by atoms with van der Waals surface area (Å²) in [4.78, 5) is 6.69. The lowest BCUT2D eigenvalue weighted by Gasteiger charge is -2.28. The minimum Gasteiger partial charge on any atom is -0.392 e. The second-order valence-electron chi connectivity index (χ2n) is 4.94. The number of aromatic nitrogens is 1. The number of aliphatic hydroxyl groups is 1. The molecule has 3 heteroatoms. The van der Waals surface area contributed by atoms with Gasteiger partial charge in [-0.05, 0) is 30.5 Å². The molecule has 17 heavy (non-hydrogen) atoms. The molecule has 0 aliphatic heterocycles. The maximum absolute atomic E-state index is 9.15. The van der Waals surface area contributed by atoms with Crippen LogP contribution in [-0.4, -0.2) is 23.2 Å². The Hall–Kier alpha value is -1.09. The number of hydrogen-bond donors (Lipinski definition) is 1. The lowest BCUT2D eigenvalue weighted by Crippen LogP contribution is -2.31. The fourth-order valence-corrected chi connectivity index (χ4v) is 2.58. The third kappa shape index (κ3) is 3.19. The van der Waals surface area contributed by atoms with Crippen molar-refractivity contribution >= 4 is 5.82 Å². The predicted molar refractivity (Wildman–Crippen MR) is 70.1 cm³/mol. The van der Waals surface area contributed by atoms with Gasteiger partial charge in [0.1, 0.15) is 5.82 Å². The van der Waals surface area contributed by atoms with Crippen LogP contribution in [0.4, 0.5) is 5.82 Å². The van der Waals surface area contributed by atoms with Gasteiger partial charge in [0.15, 0.2) is 0 Å². The molecule has 1 heterocycles. The van der Waals surface area contributed by atoms with Crippen molar-refractivity contribution in [3.63, 3.8) is 0 Å². The number of rotatable bonds is 3. The molecular formula is C14H22N2O. The Morgan fingerprint density at radius 2 is 2.00 bits per heavy atom. The largest absolute Gasteiger partial charge is 0.392 e. The van der Waals surface area contributed by atoms with E-state index in [9.17, 15) is 0 Å². The smallest absolute Gasteiger partial charge is 0.128 e. The summed E-state index contributed by atoms with van der Waals surface area (Å²) in [6.07, 6.45) is 9.71. The van der Waals surface area contributed by atoms with Gasteiger partial charge in [0, 0.05) is 19.3 Å². The van der Waals surface area contributed by atoms with E-state index >= 15 is 0 Å². The predicted octanol–water partition coefficient (Wildman–Crippen LogP) is 2.73. The van der Waals surface area contributed by atoms with Crippen molar-refractivity contribution in [3.8, 4) is 0 Å². The lowest BCUT2D eigenvalue weighted by atomic mass is 10.1. The van der Waals surface area contributed by atoms with Gasteiger partial charge in [-0.25, -0.2) is 4.98 Å². The van der Waals surface area contributed by atoms with Gasteiger partial charge >= 0.3 is 0 Å². The molecule has 0 aromatic carbocycles. The van der Waals surface area contributed by atoms with E-state index in [1.54, 1.807) is 6.20 Å². The third-order valence-electron chi connectivity index (χ3n) is 3.73. The topological polar surface area (TPSA) is 36.4 Å². The van der Waals surface area contributed by atoms with E-state index in [1.807, 2.05) is 12.1 Å². The number of aliphatic hydroxyl groups excluding tert-OH is 1. The minimum absolute atomic E-state index is 0.0913. The van der Waals surface area contributed by atoms with Gasteiger partial charge in [0.2, 0.25) is 0 Å². The van der Waals surface area contributed by atoms with Crippen molar-refractivity contribution in [2.75, 3.05) is 11.9 Å². The molecule has 0 bridgehead atoms. The summed E-state index contributed by atoms with van der Waals surface area (Å²) >= 11 is 0. The quantitative estimate of drug-likeness (QED) is 0.817. The maximum Gasteiger partial charge on any atom is 0.128 e. The van der Waals surface area contributed by atoms with E-state index in [0.29, 0.717) is 6.04 Å². The van der Waals surface area contributed by atoms with Crippen molar-refractivity contribution in [1.29, 1.82) is 0 Å². The molecule has 1 aromatic heterocycles. The number of hydrogen-bond acceptors (Lipinski definition) is 3. The van der Waals surface area contributed by atoms with E-state index in [1.165, 1.54) is 38.5 Å². The Labute approximate surface area is 103 Å². The molecule has 1 aliphatic carbocycles. The Balaban J connectivity index is 2.08. The molecule has 0 spiro atoms. The van der Waals surface area contributed by atoms with E-state index in [2.05, 4.69) is 16.9 Å². The monoisotopic (exact) mass is 234 g/mol. The van der Waals surface area contributed by atoms with E-state index in [0.717, 1.165) is 11.4 Å². The normalized spacial score (nSPS) is 17.8. The molecule has 0 atom stereocenters. The molecule has 1 N–H and O–H groups in total. The van der Waals surface area contributed by atoms with Gasteiger partial charge in [-0.15, -0.1) is 0 Å². The van der Waals surface area contributed by atoms with E-state index < -0.39 is 0 Å². The van der Waals surface area contributed by atoms with Crippen LogP contribution < -0.4 is 4.90 Å². The first-order valence-electron chi connectivity index (χ1n) is 6.60. The summed E-state index contributed by atoms with van der Waals surface area (Å²) in [5.74, 6) is 0.989. The van der Waals surface area contributed by atoms with Gasteiger partial charge in [-0.1, -0.05) is 25.7 Å². The number of pyridine rings is 1. The van der Waals surface area contributed by atoms with Crippen molar-refractivity contribution in [2.24, 2.45) is 0 Å². The van der Waals surface area contributed by atoms with E-state index in [4.69, 9.17) is 5.11 Å². The first-order chi connectivity index (χ1) is 8.31. The van der Waals surface area contributed by atoms with Crippen molar-refractivity contribution in [3.05, 3.63) is 23.9 Å². The van der Waals surface area contributed by atoms with Crippen LogP contribution in [0.5, 0.6) is 0 Å². The molecule has 0 radical (unpaired) electrons. The highest BCUT2D eigenvalue weighted by molar-refractivity contribution is 5.41. The Morgan fingerprint density at radius 1 is 1.29 bits per heavy atom. The van der Waals surface area contributed by atoms with Crippen molar-refractivity contribution in [1.82, 2.24) is 4.98 Å². The summed E-state index contributed by atoms with van der Waals surface area (Å²) in [5, 5.41) is 9.15. The van der Waals surface area contributed by atoms with Crippen LogP contribution in [-0.2, 0) is 6.61 Å². The Kier molecular flexibility index (Phi) is 4.37. The Morgan fingerprint density at radius 3 is 2.65 bits per heavy atom. The summed E-state index contributed by atoms with van der Waals surface area (Å²) < 4.78 is 0. The molecule has 0 unspecified atom stereocenters. The van der Waals surface area contributed by atoms with Crippen LogP contribution in [0.3, 0.4) is 0 Å². The molecule has 1 aliphatic rings. The molecule has 2 rings (SSSR count). The molecule has 0 saturated heterocycles. The van der Waals surface area contributed by atoms with Crippen LogP contribution in [0.25, 0.3) is 0 Å². The summed E-state index contributed by atoms with van der Waals surface area (Å²) in [6, 6.07) is 4.47. The Bertz CT molecular complexity index is 346. The van der Waals surface area contributed by atoms with Crippen LogP contribution in [0, 0.1) is 0 Å². The van der Waals surface area contributed by atoms with Gasteiger partial charge in [-0.2, -0.15) is 0 Å². The molecule has 3 nitrogen and oxygen atoms in total. The van der Waals surface area contributed by atoms with Gasteiger partial charge in [0.25, 0.3) is 0 Å². The summed E-state index contributed by atoms with van der Waals surface area (Å²) in [5.41, 5.74) is 0.940. The van der Waals surface area contributed by atoms with Gasteiger partial charge < -0.3 is 10.0 Å². The lowest BCUT2D eigenvalue weighted by molar-refractivity contribution is 0.281. The van der Waals surface area contributed by atoms with Crippen LogP contribution in [0.2, 0.25) is 0 Å². The van der Waals surface area contributed by atoms with E-state index in [-0.39, 0.29) is 6.61 Å². The minimum atomic E-state index is 0.0913. The number of nitrogens with zero attached hydrogens (tertiary/aromatic N) is 2. The standard InChI is InChI=1S/C14H22N2O/c1-16(13-6-4-2-3-5-7-13)14-10-12(11-17)8-9-15-14/h8-10,13,17H,2-7,11H2,1H3. The maximum atomic E-state index is 9.15. The second-order valence-corrected chi connectivity index (χ2v) is 4.94. The average molecular weight is 234 g/mol. The zero-order chi connectivity index (χ0) is 12.1. The zero-order valence-corrected chi connectivity index (χ0v) is 10.6. The van der Waals surface area contributed by atoms with Gasteiger partial charge in [0.05, 0.1) is 6.61 Å². The first-order valence-corrected chi connectivity index (χ1v) is 6.60. The zero-order valence-electron chi connectivity index (χ0n) is 10.6. The molecule has 1 aromatic rings.